The molecule has 1 amide bonds. The van der Waals surface area contributed by atoms with Gasteiger partial charge in [-0.25, -0.2) is 4.98 Å². The lowest BCUT2D eigenvalue weighted by atomic mass is 10.1. The second kappa shape index (κ2) is 9.69. The van der Waals surface area contributed by atoms with Gasteiger partial charge >= 0.3 is 5.97 Å². The normalized spacial score (nSPS) is 10.8. The number of amides is 1. The van der Waals surface area contributed by atoms with E-state index in [-0.39, 0.29) is 18.4 Å². The van der Waals surface area contributed by atoms with Crippen molar-refractivity contribution in [2.45, 2.75) is 32.7 Å². The summed E-state index contributed by atoms with van der Waals surface area (Å²) < 4.78 is 6.94. The van der Waals surface area contributed by atoms with Gasteiger partial charge in [0.05, 0.1) is 17.6 Å². The highest BCUT2D eigenvalue weighted by molar-refractivity contribution is 5.79. The number of ether oxygens (including phenoxy) is 1. The van der Waals surface area contributed by atoms with E-state index >= 15 is 0 Å². The highest BCUT2D eigenvalue weighted by Gasteiger charge is 2.14. The Bertz CT molecular complexity index is 935. The summed E-state index contributed by atoms with van der Waals surface area (Å²) in [7, 11) is 0. The highest BCUT2D eigenvalue weighted by atomic mass is 16.5. The summed E-state index contributed by atoms with van der Waals surface area (Å²) in [6.07, 6.45) is 1.71. The third-order valence-electron chi connectivity index (χ3n) is 4.48. The number of benzene rings is 2. The van der Waals surface area contributed by atoms with E-state index in [9.17, 15) is 9.59 Å². The minimum absolute atomic E-state index is 0.0110. The fraction of sp³-hybridized carbons (Fsp3) is 0.318. The first-order valence-electron chi connectivity index (χ1n) is 9.57. The van der Waals surface area contributed by atoms with Gasteiger partial charge in [-0.1, -0.05) is 42.5 Å². The van der Waals surface area contributed by atoms with Crippen LogP contribution < -0.4 is 5.32 Å². The number of carbonyl (C=O) groups is 2. The van der Waals surface area contributed by atoms with Crippen LogP contribution in [-0.2, 0) is 33.7 Å². The van der Waals surface area contributed by atoms with Gasteiger partial charge < -0.3 is 14.6 Å². The molecule has 146 valence electrons. The molecule has 28 heavy (non-hydrogen) atoms. The van der Waals surface area contributed by atoms with E-state index < -0.39 is 0 Å². The van der Waals surface area contributed by atoms with E-state index in [0.29, 0.717) is 32.4 Å². The van der Waals surface area contributed by atoms with Crippen LogP contribution in [0.25, 0.3) is 11.0 Å². The number of nitrogens with zero attached hydrogens (tertiary/aromatic N) is 2. The van der Waals surface area contributed by atoms with Gasteiger partial charge in [-0.15, -0.1) is 0 Å². The molecule has 0 saturated heterocycles. The average Bonchev–Trinajstić information content (AvgIpc) is 3.05. The van der Waals surface area contributed by atoms with Gasteiger partial charge in [-0.3, -0.25) is 9.59 Å². The number of para-hydroxylation sites is 2. The lowest BCUT2D eigenvalue weighted by Crippen LogP contribution is -2.27. The zero-order valence-electron chi connectivity index (χ0n) is 16.1. The molecule has 6 nitrogen and oxygen atoms in total. The van der Waals surface area contributed by atoms with Gasteiger partial charge in [-0.05, 0) is 31.0 Å². The van der Waals surface area contributed by atoms with Gasteiger partial charge in [0.15, 0.2) is 0 Å². The highest BCUT2D eigenvalue weighted by Crippen LogP contribution is 2.16. The van der Waals surface area contributed by atoms with E-state index in [1.54, 1.807) is 6.92 Å². The second-order valence-electron chi connectivity index (χ2n) is 6.49. The molecular formula is C22H25N3O3. The quantitative estimate of drug-likeness (QED) is 0.580. The molecule has 0 fully saturated rings. The van der Waals surface area contributed by atoms with Gasteiger partial charge in [0, 0.05) is 19.4 Å². The Kier molecular flexibility index (Phi) is 6.78. The molecule has 1 N–H and O–H groups in total. The molecule has 0 saturated carbocycles. The van der Waals surface area contributed by atoms with E-state index in [1.165, 1.54) is 0 Å². The summed E-state index contributed by atoms with van der Waals surface area (Å²) in [6, 6.07) is 17.6. The van der Waals surface area contributed by atoms with E-state index in [0.717, 1.165) is 22.4 Å². The standard InChI is InChI=1S/C22H25N3O3/c1-2-28-22(27)16-25-19-11-7-6-10-18(19)24-20(25)14-15-23-21(26)13-12-17-8-4-3-5-9-17/h3-11H,2,12-16H2,1H3,(H,23,26). The van der Waals surface area contributed by atoms with Crippen LogP contribution in [0.1, 0.15) is 24.7 Å². The molecule has 0 aliphatic carbocycles. The Morgan fingerprint density at radius 3 is 2.57 bits per heavy atom. The van der Waals surface area contributed by atoms with Crippen molar-refractivity contribution in [2.24, 2.45) is 0 Å². The first kappa shape index (κ1) is 19.6. The first-order chi connectivity index (χ1) is 13.7. The Morgan fingerprint density at radius 2 is 1.79 bits per heavy atom. The van der Waals surface area contributed by atoms with Crippen molar-refractivity contribution in [3.05, 3.63) is 66.0 Å². The predicted molar refractivity (Wildman–Crippen MR) is 108 cm³/mol. The van der Waals surface area contributed by atoms with Crippen molar-refractivity contribution in [3.8, 4) is 0 Å². The molecule has 0 atom stereocenters. The molecule has 1 heterocycles. The second-order valence-corrected chi connectivity index (χ2v) is 6.49. The molecule has 0 aliphatic rings. The monoisotopic (exact) mass is 379 g/mol. The fourth-order valence-electron chi connectivity index (χ4n) is 3.13. The maximum absolute atomic E-state index is 12.1. The van der Waals surface area contributed by atoms with Crippen LogP contribution in [0.15, 0.2) is 54.6 Å². The van der Waals surface area contributed by atoms with Gasteiger partial charge in [0.1, 0.15) is 12.4 Å². The van der Waals surface area contributed by atoms with Crippen LogP contribution in [-0.4, -0.2) is 34.6 Å². The number of fused-ring (bicyclic) bond motifs is 1. The number of imidazole rings is 1. The lowest BCUT2D eigenvalue weighted by molar-refractivity contribution is -0.143. The molecule has 0 spiro atoms. The van der Waals surface area contributed by atoms with Gasteiger partial charge in [0.2, 0.25) is 5.91 Å². The summed E-state index contributed by atoms with van der Waals surface area (Å²) >= 11 is 0. The molecular weight excluding hydrogens is 354 g/mol. The molecule has 3 aromatic rings. The number of carbonyl (C=O) groups excluding carboxylic acids is 2. The molecule has 6 heteroatoms. The first-order valence-corrected chi connectivity index (χ1v) is 9.57. The summed E-state index contributed by atoms with van der Waals surface area (Å²) in [5, 5.41) is 2.94. The summed E-state index contributed by atoms with van der Waals surface area (Å²) in [5.74, 6) is 0.480. The topological polar surface area (TPSA) is 73.2 Å². The predicted octanol–water partition coefficient (Wildman–Crippen LogP) is 2.89. The zero-order valence-corrected chi connectivity index (χ0v) is 16.1. The number of hydrogen-bond acceptors (Lipinski definition) is 4. The van der Waals surface area contributed by atoms with Crippen LogP contribution in [0, 0.1) is 0 Å². The summed E-state index contributed by atoms with van der Waals surface area (Å²) in [4.78, 5) is 28.7. The zero-order chi connectivity index (χ0) is 19.8. The van der Waals surface area contributed by atoms with Crippen molar-refractivity contribution < 1.29 is 14.3 Å². The van der Waals surface area contributed by atoms with Crippen molar-refractivity contribution in [2.75, 3.05) is 13.2 Å². The Hall–Kier alpha value is -3.15. The van der Waals surface area contributed by atoms with Crippen LogP contribution in [0.3, 0.4) is 0 Å². The van der Waals surface area contributed by atoms with Crippen molar-refractivity contribution in [1.29, 1.82) is 0 Å². The number of esters is 1. The fourth-order valence-corrected chi connectivity index (χ4v) is 3.13. The van der Waals surface area contributed by atoms with Crippen LogP contribution in [0.5, 0.6) is 0 Å². The number of nitrogens with one attached hydrogen (secondary N) is 1. The number of hydrogen-bond donors (Lipinski definition) is 1. The molecule has 0 aliphatic heterocycles. The Morgan fingerprint density at radius 1 is 1.04 bits per heavy atom. The third-order valence-corrected chi connectivity index (χ3v) is 4.48. The van der Waals surface area contributed by atoms with E-state index in [2.05, 4.69) is 10.3 Å². The minimum atomic E-state index is -0.293. The SMILES string of the molecule is CCOC(=O)Cn1c(CCNC(=O)CCc2ccccc2)nc2ccccc21. The van der Waals surface area contributed by atoms with E-state index in [1.807, 2.05) is 59.2 Å². The number of aromatic nitrogens is 2. The molecule has 2 aromatic carbocycles. The third kappa shape index (κ3) is 5.19. The molecule has 3 rings (SSSR count). The Balaban J connectivity index is 1.58. The summed E-state index contributed by atoms with van der Waals surface area (Å²) in [5.41, 5.74) is 2.87. The minimum Gasteiger partial charge on any atom is -0.465 e. The molecule has 0 radical (unpaired) electrons. The maximum atomic E-state index is 12.1. The van der Waals surface area contributed by atoms with Gasteiger partial charge in [-0.2, -0.15) is 0 Å². The smallest absolute Gasteiger partial charge is 0.326 e. The van der Waals surface area contributed by atoms with Crippen LogP contribution in [0.2, 0.25) is 0 Å². The van der Waals surface area contributed by atoms with Crippen molar-refractivity contribution in [3.63, 3.8) is 0 Å². The number of aryl methyl sites for hydroxylation is 1. The maximum Gasteiger partial charge on any atom is 0.326 e. The lowest BCUT2D eigenvalue weighted by Gasteiger charge is -2.09. The van der Waals surface area contributed by atoms with Crippen molar-refractivity contribution >= 4 is 22.9 Å². The average molecular weight is 379 g/mol. The van der Waals surface area contributed by atoms with Crippen molar-refractivity contribution in [1.82, 2.24) is 14.9 Å². The molecule has 0 unspecified atom stereocenters. The summed E-state index contributed by atoms with van der Waals surface area (Å²) in [6.45, 7) is 2.72. The molecule has 0 bridgehead atoms. The van der Waals surface area contributed by atoms with E-state index in [4.69, 9.17) is 4.74 Å². The van der Waals surface area contributed by atoms with Crippen LogP contribution >= 0.6 is 0 Å². The largest absolute Gasteiger partial charge is 0.465 e. The molecule has 1 aromatic heterocycles. The Labute approximate surface area is 164 Å². The van der Waals surface area contributed by atoms with Gasteiger partial charge in [0.25, 0.3) is 0 Å². The van der Waals surface area contributed by atoms with Crippen LogP contribution in [0.4, 0.5) is 0 Å². The number of rotatable bonds is 9.